The predicted octanol–water partition coefficient (Wildman–Crippen LogP) is 3.12. The molecule has 2 rings (SSSR count). The van der Waals surface area contributed by atoms with Gasteiger partial charge in [0.15, 0.2) is 0 Å². The summed E-state index contributed by atoms with van der Waals surface area (Å²) >= 11 is 3.69. The molecule has 0 unspecified atom stereocenters. The van der Waals surface area contributed by atoms with Crippen LogP contribution in [0.1, 0.15) is 43.3 Å². The van der Waals surface area contributed by atoms with E-state index < -0.39 is 0 Å². The molecule has 1 fully saturated rings. The summed E-state index contributed by atoms with van der Waals surface area (Å²) in [6.45, 7) is 2.18. The molecule has 0 atom stereocenters. The van der Waals surface area contributed by atoms with Crippen molar-refractivity contribution in [1.29, 1.82) is 0 Å². The molecule has 1 aromatic rings. The van der Waals surface area contributed by atoms with Crippen LogP contribution in [0.2, 0.25) is 0 Å². The van der Waals surface area contributed by atoms with Crippen molar-refractivity contribution in [2.75, 3.05) is 5.75 Å². The van der Waals surface area contributed by atoms with Crippen molar-refractivity contribution in [2.45, 2.75) is 43.9 Å². The molecule has 0 amide bonds. The molecule has 4 heteroatoms. The van der Waals surface area contributed by atoms with Gasteiger partial charge in [-0.1, -0.05) is 19.8 Å². The first-order valence-electron chi connectivity index (χ1n) is 5.56. The zero-order valence-corrected chi connectivity index (χ0v) is 10.8. The van der Waals surface area contributed by atoms with Crippen molar-refractivity contribution < 1.29 is 0 Å². The number of nitrogens with two attached hydrogens (primary N) is 1. The Balaban J connectivity index is 2.05. The Bertz CT molecular complexity index is 316. The minimum Gasteiger partial charge on any atom is -0.320 e. The van der Waals surface area contributed by atoms with Crippen molar-refractivity contribution >= 4 is 23.1 Å². The van der Waals surface area contributed by atoms with Crippen LogP contribution in [0.15, 0.2) is 5.38 Å². The topological polar surface area (TPSA) is 38.9 Å². The molecule has 2 nitrogen and oxygen atoms in total. The average Bonchev–Trinajstić information content (AvgIpc) is 2.84. The third-order valence-corrected chi connectivity index (χ3v) is 4.90. The van der Waals surface area contributed by atoms with Crippen LogP contribution >= 0.6 is 23.1 Å². The second-order valence-electron chi connectivity index (χ2n) is 4.13. The number of rotatable bonds is 4. The molecular weight excluding hydrogens is 224 g/mol. The van der Waals surface area contributed by atoms with E-state index in [0.717, 1.165) is 30.0 Å². The fraction of sp³-hybridized carbons (Fsp3) is 0.727. The molecule has 0 aliphatic heterocycles. The van der Waals surface area contributed by atoms with Crippen LogP contribution in [0.25, 0.3) is 0 Å². The second-order valence-corrected chi connectivity index (χ2v) is 6.34. The molecule has 0 radical (unpaired) electrons. The first-order chi connectivity index (χ1) is 7.24. The van der Waals surface area contributed by atoms with Gasteiger partial charge in [-0.25, -0.2) is 4.98 Å². The van der Waals surface area contributed by atoms with Gasteiger partial charge in [-0.2, -0.15) is 11.8 Å². The summed E-state index contributed by atoms with van der Waals surface area (Å²) in [6, 6.07) is 0. The summed E-state index contributed by atoms with van der Waals surface area (Å²) in [7, 11) is 0. The van der Waals surface area contributed by atoms with Crippen molar-refractivity contribution in [1.82, 2.24) is 4.98 Å². The lowest BCUT2D eigenvalue weighted by atomic mass is 9.96. The van der Waals surface area contributed by atoms with Gasteiger partial charge in [0.2, 0.25) is 0 Å². The Kier molecular flexibility index (Phi) is 3.69. The van der Waals surface area contributed by atoms with E-state index in [0.29, 0.717) is 0 Å². The van der Waals surface area contributed by atoms with Crippen molar-refractivity contribution in [3.63, 3.8) is 0 Å². The highest BCUT2D eigenvalue weighted by Crippen LogP contribution is 2.36. The number of hydrogen-bond donors (Lipinski definition) is 1. The van der Waals surface area contributed by atoms with Crippen molar-refractivity contribution in [2.24, 2.45) is 5.73 Å². The molecule has 1 aromatic heterocycles. The first-order valence-corrected chi connectivity index (χ1v) is 7.59. The van der Waals surface area contributed by atoms with Crippen LogP contribution in [-0.2, 0) is 11.3 Å². The van der Waals surface area contributed by atoms with Crippen LogP contribution < -0.4 is 5.73 Å². The Morgan fingerprint density at radius 1 is 1.53 bits per heavy atom. The number of hydrogen-bond acceptors (Lipinski definition) is 4. The van der Waals surface area contributed by atoms with Gasteiger partial charge in [-0.15, -0.1) is 11.3 Å². The van der Waals surface area contributed by atoms with Crippen LogP contribution in [0.5, 0.6) is 0 Å². The van der Waals surface area contributed by atoms with E-state index in [1.54, 1.807) is 11.3 Å². The molecule has 0 saturated heterocycles. The number of thioether (sulfide) groups is 1. The lowest BCUT2D eigenvalue weighted by Crippen LogP contribution is -2.33. The van der Waals surface area contributed by atoms with E-state index in [1.807, 2.05) is 11.8 Å². The van der Waals surface area contributed by atoms with Gasteiger partial charge in [0.25, 0.3) is 0 Å². The van der Waals surface area contributed by atoms with Gasteiger partial charge < -0.3 is 5.73 Å². The summed E-state index contributed by atoms with van der Waals surface area (Å²) in [6.07, 6.45) is 4.73. The van der Waals surface area contributed by atoms with Crippen molar-refractivity contribution in [3.8, 4) is 0 Å². The van der Waals surface area contributed by atoms with Gasteiger partial charge >= 0.3 is 0 Å². The SMILES string of the molecule is CCSCc1nc(C2(N)CCCC2)cs1. The Labute approximate surface area is 99.7 Å². The lowest BCUT2D eigenvalue weighted by molar-refractivity contribution is 0.449. The Morgan fingerprint density at radius 2 is 2.27 bits per heavy atom. The van der Waals surface area contributed by atoms with E-state index >= 15 is 0 Å². The number of nitrogens with zero attached hydrogens (tertiary/aromatic N) is 1. The third kappa shape index (κ3) is 2.55. The molecule has 1 aliphatic rings. The van der Waals surface area contributed by atoms with Crippen LogP contribution in [-0.4, -0.2) is 10.7 Å². The highest BCUT2D eigenvalue weighted by atomic mass is 32.2. The quantitative estimate of drug-likeness (QED) is 0.881. The lowest BCUT2D eigenvalue weighted by Gasteiger charge is -2.20. The maximum Gasteiger partial charge on any atom is 0.103 e. The van der Waals surface area contributed by atoms with Crippen LogP contribution in [0.4, 0.5) is 0 Å². The molecule has 0 bridgehead atoms. The summed E-state index contributed by atoms with van der Waals surface area (Å²) in [5, 5.41) is 3.39. The maximum atomic E-state index is 6.36. The minimum atomic E-state index is -0.106. The maximum absolute atomic E-state index is 6.36. The van der Waals surface area contributed by atoms with Crippen LogP contribution in [0, 0.1) is 0 Å². The fourth-order valence-electron chi connectivity index (χ4n) is 2.06. The Morgan fingerprint density at radius 3 is 2.93 bits per heavy atom. The van der Waals surface area contributed by atoms with E-state index in [4.69, 9.17) is 5.73 Å². The van der Waals surface area contributed by atoms with Gasteiger partial charge in [0, 0.05) is 11.1 Å². The highest BCUT2D eigenvalue weighted by Gasteiger charge is 2.33. The molecule has 0 spiro atoms. The molecule has 2 N–H and O–H groups in total. The fourth-order valence-corrected chi connectivity index (χ4v) is 3.71. The smallest absolute Gasteiger partial charge is 0.103 e. The number of thiazole rings is 1. The van der Waals surface area contributed by atoms with Crippen molar-refractivity contribution in [3.05, 3.63) is 16.1 Å². The predicted molar refractivity (Wildman–Crippen MR) is 68.3 cm³/mol. The van der Waals surface area contributed by atoms with E-state index in [-0.39, 0.29) is 5.54 Å². The largest absolute Gasteiger partial charge is 0.320 e. The zero-order valence-electron chi connectivity index (χ0n) is 9.16. The van der Waals surface area contributed by atoms with E-state index in [2.05, 4.69) is 17.3 Å². The highest BCUT2D eigenvalue weighted by molar-refractivity contribution is 7.98. The standard InChI is InChI=1S/C11H18N2S2/c1-2-14-8-10-13-9(7-15-10)11(12)5-3-4-6-11/h7H,2-6,8,12H2,1H3. The average molecular weight is 242 g/mol. The first kappa shape index (κ1) is 11.4. The molecule has 1 aliphatic carbocycles. The normalized spacial score (nSPS) is 19.6. The molecule has 15 heavy (non-hydrogen) atoms. The summed E-state index contributed by atoms with van der Waals surface area (Å²) < 4.78 is 0. The summed E-state index contributed by atoms with van der Waals surface area (Å²) in [4.78, 5) is 4.67. The molecular formula is C11H18N2S2. The van der Waals surface area contributed by atoms with Crippen LogP contribution in [0.3, 0.4) is 0 Å². The second kappa shape index (κ2) is 4.85. The molecule has 1 heterocycles. The van der Waals surface area contributed by atoms with E-state index in [1.165, 1.54) is 17.8 Å². The molecule has 0 aromatic carbocycles. The van der Waals surface area contributed by atoms with E-state index in [9.17, 15) is 0 Å². The van der Waals surface area contributed by atoms with Gasteiger partial charge in [0.1, 0.15) is 5.01 Å². The monoisotopic (exact) mass is 242 g/mol. The zero-order chi connectivity index (χ0) is 10.7. The van der Waals surface area contributed by atoms with Gasteiger partial charge in [-0.05, 0) is 18.6 Å². The summed E-state index contributed by atoms with van der Waals surface area (Å²) in [5.74, 6) is 2.19. The number of aromatic nitrogens is 1. The minimum absolute atomic E-state index is 0.106. The van der Waals surface area contributed by atoms with Gasteiger partial charge in [0.05, 0.1) is 11.2 Å². The molecule has 1 saturated carbocycles. The third-order valence-electron chi connectivity index (χ3n) is 2.99. The Hall–Kier alpha value is -0.0600. The van der Waals surface area contributed by atoms with Gasteiger partial charge in [-0.3, -0.25) is 0 Å². The molecule has 84 valence electrons. The summed E-state index contributed by atoms with van der Waals surface area (Å²) in [5.41, 5.74) is 7.39.